The SMILES string of the molecule is CC(C)(N)c1ncc(-c2ccccc2)cn1. The number of nitrogens with two attached hydrogens (primary N) is 1. The molecule has 2 rings (SSSR count). The van der Waals surface area contributed by atoms with E-state index in [4.69, 9.17) is 5.73 Å². The van der Waals surface area contributed by atoms with Crippen molar-refractivity contribution < 1.29 is 0 Å². The molecule has 1 heterocycles. The second-order valence-corrected chi connectivity index (χ2v) is 4.38. The predicted octanol–water partition coefficient (Wildman–Crippen LogP) is 2.34. The van der Waals surface area contributed by atoms with Crippen LogP contribution in [0.4, 0.5) is 0 Å². The summed E-state index contributed by atoms with van der Waals surface area (Å²) in [6.07, 6.45) is 3.62. The molecule has 2 aromatic rings. The van der Waals surface area contributed by atoms with Crippen LogP contribution < -0.4 is 5.73 Å². The van der Waals surface area contributed by atoms with Crippen molar-refractivity contribution in [3.63, 3.8) is 0 Å². The van der Waals surface area contributed by atoms with Crippen molar-refractivity contribution in [1.82, 2.24) is 9.97 Å². The minimum Gasteiger partial charge on any atom is -0.319 e. The van der Waals surface area contributed by atoms with Crippen molar-refractivity contribution >= 4 is 0 Å². The standard InChI is InChI=1S/C13H15N3/c1-13(2,14)12-15-8-11(9-16-12)10-6-4-3-5-7-10/h3-9H,14H2,1-2H3. The van der Waals surface area contributed by atoms with Gasteiger partial charge in [0.15, 0.2) is 0 Å². The van der Waals surface area contributed by atoms with E-state index in [-0.39, 0.29) is 0 Å². The molecule has 0 spiro atoms. The van der Waals surface area contributed by atoms with E-state index in [1.165, 1.54) is 0 Å². The maximum absolute atomic E-state index is 5.92. The van der Waals surface area contributed by atoms with Crippen LogP contribution in [0.25, 0.3) is 11.1 Å². The largest absolute Gasteiger partial charge is 0.319 e. The minimum absolute atomic E-state index is 0.491. The molecule has 1 aromatic heterocycles. The number of aromatic nitrogens is 2. The van der Waals surface area contributed by atoms with Crippen molar-refractivity contribution in [3.8, 4) is 11.1 Å². The Hall–Kier alpha value is -1.74. The zero-order valence-electron chi connectivity index (χ0n) is 9.51. The molecule has 0 radical (unpaired) electrons. The topological polar surface area (TPSA) is 51.8 Å². The third-order valence-electron chi connectivity index (χ3n) is 2.34. The van der Waals surface area contributed by atoms with E-state index in [2.05, 4.69) is 9.97 Å². The summed E-state index contributed by atoms with van der Waals surface area (Å²) in [5.41, 5.74) is 7.55. The van der Waals surface area contributed by atoms with Crippen LogP contribution in [0.3, 0.4) is 0 Å². The van der Waals surface area contributed by atoms with Crippen LogP contribution in [0.2, 0.25) is 0 Å². The number of nitrogens with zero attached hydrogens (tertiary/aromatic N) is 2. The molecule has 0 aliphatic carbocycles. The van der Waals surface area contributed by atoms with Gasteiger partial charge in [-0.25, -0.2) is 9.97 Å². The van der Waals surface area contributed by atoms with Gasteiger partial charge in [-0.3, -0.25) is 0 Å². The highest BCUT2D eigenvalue weighted by atomic mass is 14.9. The quantitative estimate of drug-likeness (QED) is 0.833. The van der Waals surface area contributed by atoms with Gasteiger partial charge in [0.05, 0.1) is 5.54 Å². The van der Waals surface area contributed by atoms with Gasteiger partial charge in [-0.15, -0.1) is 0 Å². The van der Waals surface area contributed by atoms with Crippen LogP contribution in [0.15, 0.2) is 42.7 Å². The van der Waals surface area contributed by atoms with Gasteiger partial charge in [0.2, 0.25) is 0 Å². The lowest BCUT2D eigenvalue weighted by molar-refractivity contribution is 0.514. The minimum atomic E-state index is -0.491. The number of hydrogen-bond acceptors (Lipinski definition) is 3. The number of rotatable bonds is 2. The molecule has 0 amide bonds. The highest BCUT2D eigenvalue weighted by Gasteiger charge is 2.17. The van der Waals surface area contributed by atoms with Crippen molar-refractivity contribution in [1.29, 1.82) is 0 Å². The van der Waals surface area contributed by atoms with Crippen LogP contribution in [-0.2, 0) is 5.54 Å². The van der Waals surface area contributed by atoms with Gasteiger partial charge in [0, 0.05) is 18.0 Å². The number of hydrogen-bond donors (Lipinski definition) is 1. The Balaban J connectivity index is 2.34. The Bertz CT molecular complexity index is 455. The zero-order valence-corrected chi connectivity index (χ0v) is 9.51. The molecular formula is C13H15N3. The molecule has 0 aliphatic heterocycles. The first kappa shape index (κ1) is 10.8. The van der Waals surface area contributed by atoms with Crippen LogP contribution >= 0.6 is 0 Å². The van der Waals surface area contributed by atoms with Crippen molar-refractivity contribution in [2.24, 2.45) is 5.73 Å². The first-order chi connectivity index (χ1) is 7.57. The monoisotopic (exact) mass is 213 g/mol. The maximum atomic E-state index is 5.92. The molecule has 0 aliphatic rings. The average Bonchev–Trinajstić information content (AvgIpc) is 2.29. The third-order valence-corrected chi connectivity index (χ3v) is 2.34. The van der Waals surface area contributed by atoms with Crippen LogP contribution in [0.5, 0.6) is 0 Å². The van der Waals surface area contributed by atoms with Gasteiger partial charge in [0.25, 0.3) is 0 Å². The molecule has 0 saturated heterocycles. The molecule has 0 atom stereocenters. The summed E-state index contributed by atoms with van der Waals surface area (Å²) in [7, 11) is 0. The van der Waals surface area contributed by atoms with E-state index >= 15 is 0 Å². The third kappa shape index (κ3) is 2.25. The van der Waals surface area contributed by atoms with Gasteiger partial charge >= 0.3 is 0 Å². The summed E-state index contributed by atoms with van der Waals surface area (Å²) in [6.45, 7) is 3.79. The van der Waals surface area contributed by atoms with E-state index in [0.29, 0.717) is 5.82 Å². The summed E-state index contributed by atoms with van der Waals surface area (Å²) in [5, 5.41) is 0. The van der Waals surface area contributed by atoms with Crippen molar-refractivity contribution in [2.45, 2.75) is 19.4 Å². The fraction of sp³-hybridized carbons (Fsp3) is 0.231. The van der Waals surface area contributed by atoms with Gasteiger partial charge in [-0.1, -0.05) is 30.3 Å². The Morgan fingerprint density at radius 2 is 1.50 bits per heavy atom. The second kappa shape index (κ2) is 4.02. The Morgan fingerprint density at radius 1 is 0.938 bits per heavy atom. The first-order valence-electron chi connectivity index (χ1n) is 5.24. The molecule has 3 heteroatoms. The Kier molecular flexibility index (Phi) is 2.71. The molecule has 0 unspecified atom stereocenters. The zero-order chi connectivity index (χ0) is 11.6. The molecule has 0 bridgehead atoms. The lowest BCUT2D eigenvalue weighted by atomic mass is 10.1. The fourth-order valence-corrected chi connectivity index (χ4v) is 1.44. The van der Waals surface area contributed by atoms with Crippen LogP contribution in [0.1, 0.15) is 19.7 Å². The van der Waals surface area contributed by atoms with Gasteiger partial charge in [0.1, 0.15) is 5.82 Å². The van der Waals surface area contributed by atoms with Crippen LogP contribution in [0, 0.1) is 0 Å². The Labute approximate surface area is 95.4 Å². The van der Waals surface area contributed by atoms with E-state index < -0.39 is 5.54 Å². The van der Waals surface area contributed by atoms with Crippen LogP contribution in [-0.4, -0.2) is 9.97 Å². The maximum Gasteiger partial charge on any atom is 0.147 e. The van der Waals surface area contributed by atoms with Crippen molar-refractivity contribution in [3.05, 3.63) is 48.5 Å². The highest BCUT2D eigenvalue weighted by molar-refractivity contribution is 5.60. The van der Waals surface area contributed by atoms with Gasteiger partial charge < -0.3 is 5.73 Å². The molecule has 0 fully saturated rings. The smallest absolute Gasteiger partial charge is 0.147 e. The lowest BCUT2D eigenvalue weighted by Gasteiger charge is -2.16. The highest BCUT2D eigenvalue weighted by Crippen LogP contribution is 2.18. The normalized spacial score (nSPS) is 11.4. The molecule has 2 N–H and O–H groups in total. The molecule has 82 valence electrons. The summed E-state index contributed by atoms with van der Waals surface area (Å²) in [5.74, 6) is 0.659. The first-order valence-corrected chi connectivity index (χ1v) is 5.24. The van der Waals surface area contributed by atoms with Gasteiger partial charge in [-0.05, 0) is 19.4 Å². The Morgan fingerprint density at radius 3 is 2.00 bits per heavy atom. The van der Waals surface area contributed by atoms with E-state index in [0.717, 1.165) is 11.1 Å². The second-order valence-electron chi connectivity index (χ2n) is 4.38. The van der Waals surface area contributed by atoms with E-state index in [1.807, 2.05) is 56.6 Å². The fourth-order valence-electron chi connectivity index (χ4n) is 1.44. The van der Waals surface area contributed by atoms with E-state index in [9.17, 15) is 0 Å². The lowest BCUT2D eigenvalue weighted by Crippen LogP contribution is -2.31. The van der Waals surface area contributed by atoms with Crippen molar-refractivity contribution in [2.75, 3.05) is 0 Å². The average molecular weight is 213 g/mol. The number of benzene rings is 1. The molecule has 0 saturated carbocycles. The summed E-state index contributed by atoms with van der Waals surface area (Å²) in [6, 6.07) is 10.0. The molecule has 3 nitrogen and oxygen atoms in total. The van der Waals surface area contributed by atoms with Gasteiger partial charge in [-0.2, -0.15) is 0 Å². The summed E-state index contributed by atoms with van der Waals surface area (Å²) in [4.78, 5) is 8.58. The molecule has 16 heavy (non-hydrogen) atoms. The molecular weight excluding hydrogens is 198 g/mol. The predicted molar refractivity (Wildman–Crippen MR) is 64.7 cm³/mol. The summed E-state index contributed by atoms with van der Waals surface area (Å²) >= 11 is 0. The molecule has 1 aromatic carbocycles. The summed E-state index contributed by atoms with van der Waals surface area (Å²) < 4.78 is 0. The van der Waals surface area contributed by atoms with E-state index in [1.54, 1.807) is 0 Å².